The lowest BCUT2D eigenvalue weighted by atomic mass is 10.1. The van der Waals surface area contributed by atoms with Crippen molar-refractivity contribution in [3.8, 4) is 11.5 Å². The molecule has 3 rings (SSSR count). The van der Waals surface area contributed by atoms with Crippen molar-refractivity contribution in [3.05, 3.63) is 59.2 Å². The van der Waals surface area contributed by atoms with Gasteiger partial charge in [0, 0.05) is 12.6 Å². The molecule has 1 N–H and O–H groups in total. The predicted molar refractivity (Wildman–Crippen MR) is 113 cm³/mol. The number of hydrogen-bond donors (Lipinski definition) is 1. The summed E-state index contributed by atoms with van der Waals surface area (Å²) in [5.41, 5.74) is 2.52. The second-order valence-corrected chi connectivity index (χ2v) is 7.41. The molecule has 1 heterocycles. The molecule has 0 saturated carbocycles. The highest BCUT2D eigenvalue weighted by atomic mass is 16.6. The molecule has 1 aliphatic rings. The monoisotopic (exact) mass is 426 g/mol. The third-order valence-electron chi connectivity index (χ3n) is 4.99. The first-order valence-electron chi connectivity index (χ1n) is 9.97. The first kappa shape index (κ1) is 22.1. The highest BCUT2D eigenvalue weighted by Crippen LogP contribution is 2.30. The molecule has 31 heavy (non-hydrogen) atoms. The molecule has 0 saturated heterocycles. The molecule has 164 valence electrons. The Morgan fingerprint density at radius 2 is 1.84 bits per heavy atom. The first-order valence-corrected chi connectivity index (χ1v) is 9.97. The van der Waals surface area contributed by atoms with Crippen LogP contribution in [0.1, 0.15) is 21.5 Å². The van der Waals surface area contributed by atoms with Gasteiger partial charge in [-0.2, -0.15) is 0 Å². The zero-order chi connectivity index (χ0) is 22.4. The van der Waals surface area contributed by atoms with Crippen molar-refractivity contribution >= 4 is 17.8 Å². The molecular weight excluding hydrogens is 400 g/mol. The summed E-state index contributed by atoms with van der Waals surface area (Å²) < 4.78 is 16.4. The van der Waals surface area contributed by atoms with Crippen molar-refractivity contribution < 1.29 is 28.6 Å². The molecule has 2 amide bonds. The van der Waals surface area contributed by atoms with E-state index in [9.17, 15) is 14.4 Å². The molecule has 0 bridgehead atoms. The van der Waals surface area contributed by atoms with Crippen LogP contribution in [-0.2, 0) is 14.3 Å². The van der Waals surface area contributed by atoms with Gasteiger partial charge >= 0.3 is 5.97 Å². The van der Waals surface area contributed by atoms with E-state index in [0.29, 0.717) is 23.7 Å². The number of likely N-dealkylation sites (N-methyl/N-ethyl adjacent to an activating group) is 1. The van der Waals surface area contributed by atoms with Gasteiger partial charge in [0.2, 0.25) is 0 Å². The lowest BCUT2D eigenvalue weighted by Gasteiger charge is -2.29. The molecule has 1 aliphatic heterocycles. The highest BCUT2D eigenvalue weighted by molar-refractivity contribution is 5.96. The average molecular weight is 426 g/mol. The van der Waals surface area contributed by atoms with Gasteiger partial charge in [0.1, 0.15) is 13.2 Å². The Kier molecular flexibility index (Phi) is 7.12. The Balaban J connectivity index is 1.39. The molecule has 1 atom stereocenters. The topological polar surface area (TPSA) is 94.2 Å². The van der Waals surface area contributed by atoms with E-state index in [0.717, 1.165) is 11.1 Å². The largest absolute Gasteiger partial charge is 0.486 e. The van der Waals surface area contributed by atoms with E-state index in [1.165, 1.54) is 4.90 Å². The maximum absolute atomic E-state index is 12.3. The maximum atomic E-state index is 12.3. The van der Waals surface area contributed by atoms with Crippen LogP contribution in [0.15, 0.2) is 42.5 Å². The summed E-state index contributed by atoms with van der Waals surface area (Å²) in [6.07, 6.45) is -0.322. The lowest BCUT2D eigenvalue weighted by molar-refractivity contribution is -0.151. The SMILES string of the molecule is Cc1ccc(C(=O)NCC(=O)OCC(=O)N(C)CC2COc3ccccc3O2)cc1C. The molecule has 2 aromatic rings. The van der Waals surface area contributed by atoms with Gasteiger partial charge in [-0.05, 0) is 49.2 Å². The van der Waals surface area contributed by atoms with Gasteiger partial charge in [0.15, 0.2) is 24.2 Å². The number of rotatable bonds is 7. The minimum absolute atomic E-state index is 0.286. The van der Waals surface area contributed by atoms with Crippen LogP contribution in [0.2, 0.25) is 0 Å². The molecule has 8 nitrogen and oxygen atoms in total. The van der Waals surface area contributed by atoms with Crippen molar-refractivity contribution in [1.29, 1.82) is 0 Å². The lowest BCUT2D eigenvalue weighted by Crippen LogP contribution is -2.43. The van der Waals surface area contributed by atoms with Crippen LogP contribution in [0.4, 0.5) is 0 Å². The first-order chi connectivity index (χ1) is 14.8. The molecule has 1 unspecified atom stereocenters. The summed E-state index contributed by atoms with van der Waals surface area (Å²) in [6.45, 7) is 3.73. The zero-order valence-electron chi connectivity index (χ0n) is 17.8. The van der Waals surface area contributed by atoms with E-state index in [1.54, 1.807) is 25.2 Å². The Morgan fingerprint density at radius 1 is 1.10 bits per heavy atom. The van der Waals surface area contributed by atoms with Gasteiger partial charge in [-0.3, -0.25) is 14.4 Å². The Bertz CT molecular complexity index is 974. The van der Waals surface area contributed by atoms with Crippen molar-refractivity contribution in [1.82, 2.24) is 10.2 Å². The number of carbonyl (C=O) groups excluding carboxylic acids is 3. The standard InChI is InChI=1S/C23H26N2O6/c1-15-8-9-17(10-16(15)2)23(28)24-11-22(27)30-14-21(26)25(3)12-18-13-29-19-6-4-5-7-20(19)31-18/h4-10,18H,11-14H2,1-3H3,(H,24,28). The fourth-order valence-corrected chi connectivity index (χ4v) is 3.00. The summed E-state index contributed by atoms with van der Waals surface area (Å²) in [5, 5.41) is 2.50. The Hall–Kier alpha value is -3.55. The van der Waals surface area contributed by atoms with E-state index in [4.69, 9.17) is 14.2 Å². The molecule has 0 fully saturated rings. The number of fused-ring (bicyclic) bond motifs is 1. The molecule has 0 radical (unpaired) electrons. The number of benzene rings is 2. The third-order valence-corrected chi connectivity index (χ3v) is 4.99. The number of hydrogen-bond acceptors (Lipinski definition) is 6. The summed E-state index contributed by atoms with van der Waals surface area (Å²) in [6, 6.07) is 12.6. The number of aryl methyl sites for hydroxylation is 2. The predicted octanol–water partition coefficient (Wildman–Crippen LogP) is 1.87. The Morgan fingerprint density at radius 3 is 2.58 bits per heavy atom. The average Bonchev–Trinajstić information content (AvgIpc) is 2.77. The molecule has 2 aromatic carbocycles. The molecule has 0 aromatic heterocycles. The summed E-state index contributed by atoms with van der Waals surface area (Å²) >= 11 is 0. The quantitative estimate of drug-likeness (QED) is 0.680. The van der Waals surface area contributed by atoms with Crippen LogP contribution < -0.4 is 14.8 Å². The minimum Gasteiger partial charge on any atom is -0.486 e. The van der Waals surface area contributed by atoms with E-state index in [2.05, 4.69) is 5.32 Å². The third kappa shape index (κ3) is 5.97. The van der Waals surface area contributed by atoms with Crippen molar-refractivity contribution in [2.75, 3.05) is 33.4 Å². The molecule has 0 spiro atoms. The van der Waals surface area contributed by atoms with Crippen LogP contribution in [0, 0.1) is 13.8 Å². The van der Waals surface area contributed by atoms with Crippen molar-refractivity contribution in [2.45, 2.75) is 20.0 Å². The number of ether oxygens (including phenoxy) is 3. The number of para-hydroxylation sites is 2. The summed E-state index contributed by atoms with van der Waals surface area (Å²) in [4.78, 5) is 37.7. The second-order valence-electron chi connectivity index (χ2n) is 7.41. The molecular formula is C23H26N2O6. The van der Waals surface area contributed by atoms with Gasteiger partial charge in [0.05, 0.1) is 6.54 Å². The normalized spacial score (nSPS) is 14.5. The van der Waals surface area contributed by atoms with Crippen LogP contribution >= 0.6 is 0 Å². The van der Waals surface area contributed by atoms with Crippen LogP contribution in [0.5, 0.6) is 11.5 Å². The zero-order valence-corrected chi connectivity index (χ0v) is 17.8. The number of nitrogens with zero attached hydrogens (tertiary/aromatic N) is 1. The van der Waals surface area contributed by atoms with Gasteiger partial charge in [0.25, 0.3) is 11.8 Å². The van der Waals surface area contributed by atoms with E-state index in [-0.39, 0.29) is 31.0 Å². The van der Waals surface area contributed by atoms with Crippen LogP contribution in [-0.4, -0.2) is 62.1 Å². The van der Waals surface area contributed by atoms with E-state index < -0.39 is 12.6 Å². The minimum atomic E-state index is -0.690. The highest BCUT2D eigenvalue weighted by Gasteiger charge is 2.24. The van der Waals surface area contributed by atoms with Crippen molar-refractivity contribution in [2.24, 2.45) is 0 Å². The van der Waals surface area contributed by atoms with Crippen LogP contribution in [0.3, 0.4) is 0 Å². The fourth-order valence-electron chi connectivity index (χ4n) is 3.00. The van der Waals surface area contributed by atoms with E-state index >= 15 is 0 Å². The number of amides is 2. The van der Waals surface area contributed by atoms with Gasteiger partial charge in [-0.1, -0.05) is 18.2 Å². The molecule has 8 heteroatoms. The number of esters is 1. The van der Waals surface area contributed by atoms with E-state index in [1.807, 2.05) is 38.1 Å². The Labute approximate surface area is 181 Å². The smallest absolute Gasteiger partial charge is 0.325 e. The van der Waals surface area contributed by atoms with Gasteiger partial charge in [-0.25, -0.2) is 0 Å². The number of carbonyl (C=O) groups is 3. The maximum Gasteiger partial charge on any atom is 0.325 e. The molecule has 0 aliphatic carbocycles. The summed E-state index contributed by atoms with van der Waals surface area (Å²) in [7, 11) is 1.60. The van der Waals surface area contributed by atoms with Crippen molar-refractivity contribution in [3.63, 3.8) is 0 Å². The van der Waals surface area contributed by atoms with Gasteiger partial charge in [-0.15, -0.1) is 0 Å². The summed E-state index contributed by atoms with van der Waals surface area (Å²) in [5.74, 6) is -0.144. The fraction of sp³-hybridized carbons (Fsp3) is 0.348. The second kappa shape index (κ2) is 9.97. The number of nitrogens with one attached hydrogen (secondary N) is 1. The van der Waals surface area contributed by atoms with Crippen LogP contribution in [0.25, 0.3) is 0 Å². The van der Waals surface area contributed by atoms with Gasteiger partial charge < -0.3 is 24.4 Å².